The SMILES string of the molecule is C=C(C)C(=O)OCOC(=O)CC(C)(C)C#N. The summed E-state index contributed by atoms with van der Waals surface area (Å²) < 4.78 is 9.18. The Morgan fingerprint density at radius 2 is 1.94 bits per heavy atom. The Morgan fingerprint density at radius 3 is 2.38 bits per heavy atom. The fourth-order valence-electron chi connectivity index (χ4n) is 0.723. The second-order valence-corrected chi connectivity index (χ2v) is 4.02. The van der Waals surface area contributed by atoms with E-state index in [1.807, 2.05) is 6.07 Å². The Balaban J connectivity index is 3.89. The van der Waals surface area contributed by atoms with Gasteiger partial charge in [-0.1, -0.05) is 6.58 Å². The van der Waals surface area contributed by atoms with Gasteiger partial charge in [-0.15, -0.1) is 0 Å². The first-order chi connectivity index (χ1) is 7.28. The third kappa shape index (κ3) is 5.81. The van der Waals surface area contributed by atoms with E-state index < -0.39 is 24.1 Å². The number of carbonyl (C=O) groups is 2. The standard InChI is InChI=1S/C11H15NO4/c1-8(2)10(14)16-7-15-9(13)5-11(3,4)6-12/h1,5,7H2,2-4H3. The van der Waals surface area contributed by atoms with E-state index in [1.165, 1.54) is 6.92 Å². The lowest BCUT2D eigenvalue weighted by molar-refractivity contribution is -0.165. The number of nitrogens with zero attached hydrogens (tertiary/aromatic N) is 1. The molecule has 0 rings (SSSR count). The minimum atomic E-state index is -0.782. The van der Waals surface area contributed by atoms with Crippen LogP contribution in [0.4, 0.5) is 0 Å². The van der Waals surface area contributed by atoms with Gasteiger partial charge in [-0.3, -0.25) is 4.79 Å². The van der Waals surface area contributed by atoms with Gasteiger partial charge in [0.15, 0.2) is 0 Å². The van der Waals surface area contributed by atoms with E-state index in [4.69, 9.17) is 5.26 Å². The van der Waals surface area contributed by atoms with Crippen molar-refractivity contribution in [2.24, 2.45) is 5.41 Å². The summed E-state index contributed by atoms with van der Waals surface area (Å²) >= 11 is 0. The van der Waals surface area contributed by atoms with Crippen LogP contribution in [0, 0.1) is 16.7 Å². The summed E-state index contributed by atoms with van der Waals surface area (Å²) in [5.41, 5.74) is -0.552. The van der Waals surface area contributed by atoms with E-state index in [0.29, 0.717) is 0 Å². The Morgan fingerprint density at radius 1 is 1.38 bits per heavy atom. The molecule has 5 nitrogen and oxygen atoms in total. The van der Waals surface area contributed by atoms with E-state index in [-0.39, 0.29) is 12.0 Å². The predicted molar refractivity (Wildman–Crippen MR) is 55.9 cm³/mol. The van der Waals surface area contributed by atoms with Crippen molar-refractivity contribution < 1.29 is 19.1 Å². The van der Waals surface area contributed by atoms with Crippen LogP contribution in [0.3, 0.4) is 0 Å². The van der Waals surface area contributed by atoms with Crippen LogP contribution in [0.5, 0.6) is 0 Å². The van der Waals surface area contributed by atoms with Crippen molar-refractivity contribution in [3.63, 3.8) is 0 Å². The molecule has 88 valence electrons. The summed E-state index contributed by atoms with van der Waals surface area (Å²) in [6.07, 6.45) is -0.0475. The Kier molecular flexibility index (Phi) is 5.23. The van der Waals surface area contributed by atoms with Gasteiger partial charge in [0.25, 0.3) is 0 Å². The number of nitriles is 1. The number of esters is 2. The number of ether oxygens (including phenoxy) is 2. The molecule has 0 aromatic heterocycles. The third-order valence-corrected chi connectivity index (χ3v) is 1.65. The molecule has 0 spiro atoms. The zero-order valence-corrected chi connectivity index (χ0v) is 9.70. The highest BCUT2D eigenvalue weighted by molar-refractivity contribution is 5.86. The number of hydrogen-bond donors (Lipinski definition) is 0. The molecule has 0 atom stereocenters. The molecule has 0 saturated carbocycles. The van der Waals surface area contributed by atoms with Crippen molar-refractivity contribution in [2.45, 2.75) is 27.2 Å². The van der Waals surface area contributed by atoms with Crippen LogP contribution >= 0.6 is 0 Å². The summed E-state index contributed by atoms with van der Waals surface area (Å²) in [7, 11) is 0. The molecule has 0 bridgehead atoms. The van der Waals surface area contributed by atoms with Gasteiger partial charge in [-0.05, 0) is 20.8 Å². The highest BCUT2D eigenvalue weighted by atomic mass is 16.7. The lowest BCUT2D eigenvalue weighted by atomic mass is 9.92. The minimum absolute atomic E-state index is 0.0475. The summed E-state index contributed by atoms with van der Waals surface area (Å²) in [6.45, 7) is 7.64. The van der Waals surface area contributed by atoms with E-state index in [9.17, 15) is 9.59 Å². The molecule has 0 unspecified atom stereocenters. The van der Waals surface area contributed by atoms with Gasteiger partial charge >= 0.3 is 11.9 Å². The molecule has 0 amide bonds. The van der Waals surface area contributed by atoms with Gasteiger partial charge in [0.2, 0.25) is 6.79 Å². The van der Waals surface area contributed by atoms with E-state index in [2.05, 4.69) is 16.1 Å². The topological polar surface area (TPSA) is 76.4 Å². The van der Waals surface area contributed by atoms with Crippen molar-refractivity contribution >= 4 is 11.9 Å². The molecule has 16 heavy (non-hydrogen) atoms. The van der Waals surface area contributed by atoms with Gasteiger partial charge in [0.1, 0.15) is 0 Å². The monoisotopic (exact) mass is 225 g/mol. The largest absolute Gasteiger partial charge is 0.428 e. The third-order valence-electron chi connectivity index (χ3n) is 1.65. The fourth-order valence-corrected chi connectivity index (χ4v) is 0.723. The second kappa shape index (κ2) is 5.91. The number of carbonyl (C=O) groups excluding carboxylic acids is 2. The van der Waals surface area contributed by atoms with Crippen LogP contribution in [0.2, 0.25) is 0 Å². The maximum Gasteiger partial charge on any atom is 0.335 e. The molecule has 0 fully saturated rings. The zero-order valence-electron chi connectivity index (χ0n) is 9.70. The molecule has 0 saturated heterocycles. The highest BCUT2D eigenvalue weighted by Gasteiger charge is 2.22. The predicted octanol–water partition coefficient (Wildman–Crippen LogP) is 1.55. The first-order valence-electron chi connectivity index (χ1n) is 4.68. The minimum Gasteiger partial charge on any atom is -0.428 e. The van der Waals surface area contributed by atoms with E-state index in [0.717, 1.165) is 0 Å². The Bertz CT molecular complexity index is 338. The molecule has 0 aliphatic heterocycles. The second-order valence-electron chi connectivity index (χ2n) is 4.02. The molecule has 0 aliphatic carbocycles. The van der Waals surface area contributed by atoms with Gasteiger partial charge in [-0.25, -0.2) is 4.79 Å². The van der Waals surface area contributed by atoms with Crippen molar-refractivity contribution in [1.82, 2.24) is 0 Å². The number of hydrogen-bond acceptors (Lipinski definition) is 5. The van der Waals surface area contributed by atoms with Gasteiger partial charge in [0.05, 0.1) is 17.9 Å². The van der Waals surface area contributed by atoms with Crippen LogP contribution in [-0.4, -0.2) is 18.7 Å². The molecular weight excluding hydrogens is 210 g/mol. The Labute approximate surface area is 94.6 Å². The van der Waals surface area contributed by atoms with Crippen molar-refractivity contribution in [3.8, 4) is 6.07 Å². The lowest BCUT2D eigenvalue weighted by Crippen LogP contribution is -2.19. The maximum absolute atomic E-state index is 11.2. The smallest absolute Gasteiger partial charge is 0.335 e. The average molecular weight is 225 g/mol. The first-order valence-corrected chi connectivity index (χ1v) is 4.68. The molecule has 0 aromatic rings. The molecule has 0 aromatic carbocycles. The molecular formula is C11H15NO4. The summed E-state index contributed by atoms with van der Waals surface area (Å²) in [4.78, 5) is 22.1. The summed E-state index contributed by atoms with van der Waals surface area (Å²) in [5, 5.41) is 8.67. The van der Waals surface area contributed by atoms with E-state index in [1.54, 1.807) is 13.8 Å². The average Bonchev–Trinajstić information content (AvgIpc) is 2.16. The molecule has 0 heterocycles. The van der Waals surface area contributed by atoms with Crippen LogP contribution in [0.15, 0.2) is 12.2 Å². The number of rotatable bonds is 5. The molecule has 0 radical (unpaired) electrons. The van der Waals surface area contributed by atoms with Crippen molar-refractivity contribution in [3.05, 3.63) is 12.2 Å². The fraction of sp³-hybridized carbons (Fsp3) is 0.545. The normalized spacial score (nSPS) is 10.1. The van der Waals surface area contributed by atoms with Crippen LogP contribution < -0.4 is 0 Å². The molecule has 0 N–H and O–H groups in total. The van der Waals surface area contributed by atoms with E-state index >= 15 is 0 Å². The van der Waals surface area contributed by atoms with Crippen LogP contribution in [0.25, 0.3) is 0 Å². The van der Waals surface area contributed by atoms with Crippen molar-refractivity contribution in [2.75, 3.05) is 6.79 Å². The van der Waals surface area contributed by atoms with Crippen LogP contribution in [-0.2, 0) is 19.1 Å². The van der Waals surface area contributed by atoms with Gasteiger partial charge in [0, 0.05) is 5.57 Å². The van der Waals surface area contributed by atoms with Crippen molar-refractivity contribution in [1.29, 1.82) is 5.26 Å². The summed E-state index contributed by atoms with van der Waals surface area (Å²) in [5.74, 6) is -1.20. The van der Waals surface area contributed by atoms with Gasteiger partial charge in [-0.2, -0.15) is 5.26 Å². The van der Waals surface area contributed by atoms with Crippen LogP contribution in [0.1, 0.15) is 27.2 Å². The first kappa shape index (κ1) is 14.2. The maximum atomic E-state index is 11.2. The zero-order chi connectivity index (χ0) is 12.8. The molecule has 5 heteroatoms. The van der Waals surface area contributed by atoms with Gasteiger partial charge < -0.3 is 9.47 Å². The highest BCUT2D eigenvalue weighted by Crippen LogP contribution is 2.18. The quantitative estimate of drug-likeness (QED) is 0.403. The lowest BCUT2D eigenvalue weighted by Gasteiger charge is -2.13. The summed E-state index contributed by atoms with van der Waals surface area (Å²) in [6, 6.07) is 1.97. The molecule has 0 aliphatic rings. The Hall–Kier alpha value is -1.83.